The molecule has 2 aromatic heterocycles. The Kier molecular flexibility index (Phi) is 5.38. The quantitative estimate of drug-likeness (QED) is 0.356. The third-order valence-electron chi connectivity index (χ3n) is 6.74. The lowest BCUT2D eigenvalue weighted by Gasteiger charge is -2.30. The van der Waals surface area contributed by atoms with Crippen molar-refractivity contribution in [3.8, 4) is 16.3 Å². The van der Waals surface area contributed by atoms with Gasteiger partial charge >= 0.3 is 5.97 Å². The number of ether oxygens (including phenoxy) is 1. The molecule has 0 radical (unpaired) electrons. The lowest BCUT2D eigenvalue weighted by molar-refractivity contribution is 0.0697. The van der Waals surface area contributed by atoms with Crippen LogP contribution in [0, 0.1) is 19.8 Å². The fraction of sp³-hybridized carbons (Fsp3) is 0.333. The number of hydrogen-bond acceptors (Lipinski definition) is 4. The molecule has 2 atom stereocenters. The van der Waals surface area contributed by atoms with Crippen LogP contribution in [-0.2, 0) is 0 Å². The molecule has 5 heteroatoms. The van der Waals surface area contributed by atoms with Gasteiger partial charge in [-0.15, -0.1) is 11.3 Å². The van der Waals surface area contributed by atoms with Gasteiger partial charge in [0.15, 0.2) is 0 Å². The Hall–Kier alpha value is -2.92. The molecule has 1 aliphatic carbocycles. The number of pyridine rings is 1. The van der Waals surface area contributed by atoms with E-state index in [-0.39, 0.29) is 11.7 Å². The molecule has 4 aromatic rings. The van der Waals surface area contributed by atoms with E-state index in [9.17, 15) is 9.90 Å². The number of carbonyl (C=O) groups is 1. The predicted molar refractivity (Wildman–Crippen MR) is 131 cm³/mol. The highest BCUT2D eigenvalue weighted by atomic mass is 32.1. The first-order valence-electron chi connectivity index (χ1n) is 11.3. The monoisotopic (exact) mass is 445 g/mol. The van der Waals surface area contributed by atoms with E-state index < -0.39 is 5.97 Å². The lowest BCUT2D eigenvalue weighted by Crippen LogP contribution is -2.28. The zero-order valence-corrected chi connectivity index (χ0v) is 19.5. The molecule has 0 unspecified atom stereocenters. The summed E-state index contributed by atoms with van der Waals surface area (Å²) in [6, 6.07) is 13.9. The number of carboxylic acid groups (broad SMARTS) is 1. The van der Waals surface area contributed by atoms with E-state index in [2.05, 4.69) is 26.0 Å². The van der Waals surface area contributed by atoms with Crippen LogP contribution in [0.5, 0.6) is 5.75 Å². The number of thiophene rings is 1. The van der Waals surface area contributed by atoms with Crippen LogP contribution >= 0.6 is 11.3 Å². The Bertz CT molecular complexity index is 1340. The molecule has 0 bridgehead atoms. The first kappa shape index (κ1) is 21.0. The van der Waals surface area contributed by atoms with E-state index in [0.29, 0.717) is 28.3 Å². The number of fused-ring (bicyclic) bond motifs is 2. The van der Waals surface area contributed by atoms with Crippen LogP contribution in [0.3, 0.4) is 0 Å². The number of aromatic nitrogens is 1. The molecule has 5 rings (SSSR count). The molecule has 2 aromatic carbocycles. The second-order valence-electron chi connectivity index (χ2n) is 8.93. The zero-order valence-electron chi connectivity index (χ0n) is 18.6. The van der Waals surface area contributed by atoms with Crippen molar-refractivity contribution in [2.45, 2.75) is 52.6 Å². The summed E-state index contributed by atoms with van der Waals surface area (Å²) < 4.78 is 7.62. The minimum absolute atomic E-state index is 0.112. The molecule has 164 valence electrons. The van der Waals surface area contributed by atoms with Crippen molar-refractivity contribution in [3.05, 3.63) is 59.2 Å². The van der Waals surface area contributed by atoms with Crippen LogP contribution < -0.4 is 4.74 Å². The number of rotatable bonds is 4. The Balaban J connectivity index is 1.70. The minimum atomic E-state index is -0.954. The second-order valence-corrected chi connectivity index (χ2v) is 9.99. The SMILES string of the molecule is Cc1c(-c2cc(C(=O)O)c3c(O[C@H]4CCCC[C@@H]4C)ccc(C)c3n2)sc2ccccc12. The summed E-state index contributed by atoms with van der Waals surface area (Å²) in [5, 5.41) is 12.0. The van der Waals surface area contributed by atoms with Crippen molar-refractivity contribution >= 4 is 38.3 Å². The molecule has 1 N–H and O–H groups in total. The van der Waals surface area contributed by atoms with Crippen LogP contribution in [0.15, 0.2) is 42.5 Å². The summed E-state index contributed by atoms with van der Waals surface area (Å²) in [6.45, 7) is 6.28. The maximum absolute atomic E-state index is 12.4. The first-order valence-corrected chi connectivity index (χ1v) is 12.1. The molecule has 2 heterocycles. The minimum Gasteiger partial charge on any atom is -0.489 e. The molecule has 1 fully saturated rings. The maximum atomic E-state index is 12.4. The summed E-state index contributed by atoms with van der Waals surface area (Å²) >= 11 is 1.66. The molecule has 0 amide bonds. The lowest BCUT2D eigenvalue weighted by atomic mass is 9.88. The van der Waals surface area contributed by atoms with Gasteiger partial charge in [0, 0.05) is 4.70 Å². The molecule has 32 heavy (non-hydrogen) atoms. The summed E-state index contributed by atoms with van der Waals surface area (Å²) in [4.78, 5) is 18.4. The van der Waals surface area contributed by atoms with E-state index in [4.69, 9.17) is 9.72 Å². The predicted octanol–water partition coefficient (Wildman–Crippen LogP) is 7.39. The molecule has 1 saturated carbocycles. The largest absolute Gasteiger partial charge is 0.489 e. The Morgan fingerprint density at radius 3 is 2.66 bits per heavy atom. The van der Waals surface area contributed by atoms with Crippen LogP contribution in [0.4, 0.5) is 0 Å². The van der Waals surface area contributed by atoms with Crippen molar-refractivity contribution < 1.29 is 14.6 Å². The highest BCUT2D eigenvalue weighted by molar-refractivity contribution is 7.22. The van der Waals surface area contributed by atoms with Crippen LogP contribution in [0.2, 0.25) is 0 Å². The average molecular weight is 446 g/mol. The number of aryl methyl sites for hydroxylation is 2. The van der Waals surface area contributed by atoms with Crippen molar-refractivity contribution in [1.82, 2.24) is 4.98 Å². The fourth-order valence-corrected chi connectivity index (χ4v) is 6.03. The van der Waals surface area contributed by atoms with Crippen LogP contribution in [0.25, 0.3) is 31.6 Å². The Morgan fingerprint density at radius 2 is 1.91 bits per heavy atom. The van der Waals surface area contributed by atoms with E-state index in [1.54, 1.807) is 17.4 Å². The summed E-state index contributed by atoms with van der Waals surface area (Å²) in [6.07, 6.45) is 4.65. The van der Waals surface area contributed by atoms with E-state index >= 15 is 0 Å². The van der Waals surface area contributed by atoms with Gasteiger partial charge in [-0.3, -0.25) is 0 Å². The molecule has 1 aliphatic rings. The topological polar surface area (TPSA) is 59.4 Å². The van der Waals surface area contributed by atoms with Gasteiger partial charge < -0.3 is 9.84 Å². The average Bonchev–Trinajstić information content (AvgIpc) is 3.13. The highest BCUT2D eigenvalue weighted by Gasteiger charge is 2.26. The Labute approximate surface area is 191 Å². The highest BCUT2D eigenvalue weighted by Crippen LogP contribution is 2.41. The van der Waals surface area contributed by atoms with Crippen molar-refractivity contribution in [1.29, 1.82) is 0 Å². The molecular formula is C27H27NO3S. The van der Waals surface area contributed by atoms with E-state index in [1.807, 2.05) is 31.2 Å². The van der Waals surface area contributed by atoms with Gasteiger partial charge in [-0.25, -0.2) is 9.78 Å². The molecular weight excluding hydrogens is 418 g/mol. The van der Waals surface area contributed by atoms with Gasteiger partial charge in [0.2, 0.25) is 0 Å². The third-order valence-corrected chi connectivity index (χ3v) is 8.04. The molecule has 0 aliphatic heterocycles. The van der Waals surface area contributed by atoms with Crippen molar-refractivity contribution in [2.24, 2.45) is 5.92 Å². The van der Waals surface area contributed by atoms with Gasteiger partial charge in [-0.05, 0) is 73.7 Å². The number of hydrogen-bond donors (Lipinski definition) is 1. The third kappa shape index (κ3) is 3.55. The van der Waals surface area contributed by atoms with E-state index in [1.165, 1.54) is 16.5 Å². The smallest absolute Gasteiger partial charge is 0.336 e. The van der Waals surface area contributed by atoms with Crippen molar-refractivity contribution in [3.63, 3.8) is 0 Å². The van der Waals surface area contributed by atoms with Gasteiger partial charge in [0.25, 0.3) is 0 Å². The second kappa shape index (κ2) is 8.21. The van der Waals surface area contributed by atoms with Gasteiger partial charge in [-0.2, -0.15) is 0 Å². The maximum Gasteiger partial charge on any atom is 0.336 e. The molecule has 0 saturated heterocycles. The standard InChI is InChI=1S/C27H27NO3S/c1-15-8-4-6-10-21(15)31-22-13-12-16(2)25-24(22)19(27(29)30)14-20(28-25)26-17(3)18-9-5-7-11-23(18)32-26/h5,7,9,11-15,21H,4,6,8,10H2,1-3H3,(H,29,30)/t15-,21-/m0/s1. The van der Waals surface area contributed by atoms with Gasteiger partial charge in [0.1, 0.15) is 11.9 Å². The first-order chi connectivity index (χ1) is 15.4. The summed E-state index contributed by atoms with van der Waals surface area (Å²) in [5.74, 6) is 0.139. The fourth-order valence-electron chi connectivity index (χ4n) is 4.87. The number of carboxylic acids is 1. The normalized spacial score (nSPS) is 18.8. The summed E-state index contributed by atoms with van der Waals surface area (Å²) in [7, 11) is 0. The van der Waals surface area contributed by atoms with Crippen molar-refractivity contribution in [2.75, 3.05) is 0 Å². The Morgan fingerprint density at radius 1 is 1.12 bits per heavy atom. The number of aromatic carboxylic acids is 1. The number of nitrogens with zero attached hydrogens (tertiary/aromatic N) is 1. The molecule has 4 nitrogen and oxygen atoms in total. The molecule has 0 spiro atoms. The zero-order chi connectivity index (χ0) is 22.4. The van der Waals surface area contributed by atoms with Gasteiger partial charge in [0.05, 0.1) is 27.0 Å². The van der Waals surface area contributed by atoms with Gasteiger partial charge in [-0.1, -0.05) is 37.6 Å². The van der Waals surface area contributed by atoms with E-state index in [0.717, 1.165) is 35.3 Å². The number of benzene rings is 2. The van der Waals surface area contributed by atoms with Crippen LogP contribution in [-0.4, -0.2) is 22.2 Å². The summed E-state index contributed by atoms with van der Waals surface area (Å²) in [5.41, 5.74) is 3.75. The van der Waals surface area contributed by atoms with Crippen LogP contribution in [0.1, 0.15) is 54.1 Å².